The summed E-state index contributed by atoms with van der Waals surface area (Å²) >= 11 is 0. The highest BCUT2D eigenvalue weighted by Crippen LogP contribution is 1.97. The zero-order valence-electron chi connectivity index (χ0n) is 6.24. The number of nitrogens with zero attached hydrogens (tertiary/aromatic N) is 1. The molecule has 1 rings (SSSR count). The number of allylic oxidation sites excluding steroid dienone is 2. The van der Waals surface area contributed by atoms with E-state index in [1.165, 1.54) is 0 Å². The quantitative estimate of drug-likeness (QED) is 0.564. The first-order chi connectivity index (χ1) is 4.79. The van der Waals surface area contributed by atoms with Crippen molar-refractivity contribution in [2.75, 3.05) is 14.1 Å². The summed E-state index contributed by atoms with van der Waals surface area (Å²) in [7, 11) is 3.85. The molecule has 0 saturated heterocycles. The van der Waals surface area contributed by atoms with Crippen LogP contribution in [0.3, 0.4) is 0 Å². The van der Waals surface area contributed by atoms with Crippen LogP contribution in [0.5, 0.6) is 0 Å². The molecule has 1 aliphatic heterocycles. The van der Waals surface area contributed by atoms with Crippen LogP contribution in [0, 0.1) is 0 Å². The summed E-state index contributed by atoms with van der Waals surface area (Å²) < 4.78 is 5.17. The Bertz CT molecular complexity index is 152. The van der Waals surface area contributed by atoms with Gasteiger partial charge in [0, 0.05) is 14.1 Å². The minimum absolute atomic E-state index is 0.0139. The minimum atomic E-state index is -0.0139. The fourth-order valence-electron chi connectivity index (χ4n) is 0.714. The van der Waals surface area contributed by atoms with Crippen LogP contribution in [-0.4, -0.2) is 25.3 Å². The van der Waals surface area contributed by atoms with Crippen LogP contribution in [0.15, 0.2) is 24.5 Å². The molecule has 0 aromatic carbocycles. The molecule has 0 bridgehead atoms. The Kier molecular flexibility index (Phi) is 2.48. The molecule has 0 amide bonds. The molecule has 1 atom stereocenters. The number of ether oxygens (including phenoxy) is 1. The van der Waals surface area contributed by atoms with E-state index in [2.05, 4.69) is 5.43 Å². The monoisotopic (exact) mass is 140 g/mol. The molecule has 1 N–H and O–H groups in total. The smallest absolute Gasteiger partial charge is 0.181 e. The Labute approximate surface area is 60.9 Å². The first-order valence-corrected chi connectivity index (χ1v) is 3.21. The summed E-state index contributed by atoms with van der Waals surface area (Å²) in [5.74, 6) is 0. The largest absolute Gasteiger partial charge is 0.478 e. The molecular weight excluding hydrogens is 128 g/mol. The van der Waals surface area contributed by atoms with E-state index in [1.54, 1.807) is 6.26 Å². The Hall–Kier alpha value is -0.800. The van der Waals surface area contributed by atoms with Gasteiger partial charge in [0.25, 0.3) is 0 Å². The summed E-state index contributed by atoms with van der Waals surface area (Å²) in [5.41, 5.74) is 3.05. The first kappa shape index (κ1) is 7.31. The van der Waals surface area contributed by atoms with E-state index in [4.69, 9.17) is 4.74 Å². The van der Waals surface area contributed by atoms with Gasteiger partial charge in [0.05, 0.1) is 6.26 Å². The van der Waals surface area contributed by atoms with Crippen LogP contribution < -0.4 is 5.43 Å². The van der Waals surface area contributed by atoms with Crippen molar-refractivity contribution in [3.63, 3.8) is 0 Å². The molecule has 3 heteroatoms. The molecular formula is C7H12N2O. The lowest BCUT2D eigenvalue weighted by Gasteiger charge is -2.20. The molecule has 0 spiro atoms. The van der Waals surface area contributed by atoms with Crippen molar-refractivity contribution < 1.29 is 4.74 Å². The normalized spacial score (nSPS) is 23.3. The minimum Gasteiger partial charge on any atom is -0.478 e. The molecule has 0 aliphatic carbocycles. The van der Waals surface area contributed by atoms with Crippen LogP contribution in [0.1, 0.15) is 0 Å². The third kappa shape index (κ3) is 2.21. The number of hydrazine groups is 1. The van der Waals surface area contributed by atoms with Crippen molar-refractivity contribution >= 4 is 0 Å². The van der Waals surface area contributed by atoms with Crippen LogP contribution in [0.4, 0.5) is 0 Å². The van der Waals surface area contributed by atoms with Gasteiger partial charge in [-0.1, -0.05) is 6.08 Å². The van der Waals surface area contributed by atoms with Crippen molar-refractivity contribution in [1.82, 2.24) is 10.4 Å². The second-order valence-corrected chi connectivity index (χ2v) is 2.29. The topological polar surface area (TPSA) is 24.5 Å². The van der Waals surface area contributed by atoms with Crippen LogP contribution in [-0.2, 0) is 4.74 Å². The van der Waals surface area contributed by atoms with Gasteiger partial charge in [0.15, 0.2) is 6.23 Å². The van der Waals surface area contributed by atoms with E-state index in [-0.39, 0.29) is 6.23 Å². The van der Waals surface area contributed by atoms with Gasteiger partial charge in [0.2, 0.25) is 0 Å². The lowest BCUT2D eigenvalue weighted by molar-refractivity contribution is 0.0805. The van der Waals surface area contributed by atoms with Gasteiger partial charge in [-0.15, -0.1) is 0 Å². The summed E-state index contributed by atoms with van der Waals surface area (Å²) in [4.78, 5) is 0. The van der Waals surface area contributed by atoms with E-state index >= 15 is 0 Å². The second-order valence-electron chi connectivity index (χ2n) is 2.29. The van der Waals surface area contributed by atoms with Crippen molar-refractivity contribution in [1.29, 1.82) is 0 Å². The average Bonchev–Trinajstić information content (AvgIpc) is 1.88. The predicted octanol–water partition coefficient (Wildman–Crippen LogP) is 0.479. The maximum absolute atomic E-state index is 5.17. The Morgan fingerprint density at radius 2 is 2.20 bits per heavy atom. The third-order valence-electron chi connectivity index (χ3n) is 1.09. The van der Waals surface area contributed by atoms with E-state index < -0.39 is 0 Å². The van der Waals surface area contributed by atoms with Crippen molar-refractivity contribution in [3.05, 3.63) is 24.5 Å². The molecule has 1 unspecified atom stereocenters. The van der Waals surface area contributed by atoms with Crippen LogP contribution in [0.2, 0.25) is 0 Å². The Morgan fingerprint density at radius 3 is 2.70 bits per heavy atom. The molecule has 0 fully saturated rings. The molecule has 0 saturated carbocycles. The van der Waals surface area contributed by atoms with E-state index in [1.807, 2.05) is 37.3 Å². The molecule has 10 heavy (non-hydrogen) atoms. The summed E-state index contributed by atoms with van der Waals surface area (Å²) in [6.07, 6.45) is 7.40. The van der Waals surface area contributed by atoms with Crippen LogP contribution in [0.25, 0.3) is 0 Å². The maximum atomic E-state index is 5.17. The van der Waals surface area contributed by atoms with E-state index in [0.717, 1.165) is 0 Å². The Morgan fingerprint density at radius 1 is 1.40 bits per heavy atom. The summed E-state index contributed by atoms with van der Waals surface area (Å²) in [5, 5.41) is 1.86. The lowest BCUT2D eigenvalue weighted by Crippen LogP contribution is -2.39. The number of nitrogens with one attached hydrogen (secondary N) is 1. The van der Waals surface area contributed by atoms with Gasteiger partial charge in [0.1, 0.15) is 0 Å². The summed E-state index contributed by atoms with van der Waals surface area (Å²) in [6, 6.07) is 0. The highest BCUT2D eigenvalue weighted by atomic mass is 16.5. The van der Waals surface area contributed by atoms with Gasteiger partial charge >= 0.3 is 0 Å². The van der Waals surface area contributed by atoms with Gasteiger partial charge in [-0.05, 0) is 12.2 Å². The predicted molar refractivity (Wildman–Crippen MR) is 40.0 cm³/mol. The fourth-order valence-corrected chi connectivity index (χ4v) is 0.714. The molecule has 0 aromatic heterocycles. The fraction of sp³-hybridized carbons (Fsp3) is 0.429. The SMILES string of the molecule is CN(C)NC1C=CC=CO1. The van der Waals surface area contributed by atoms with Crippen molar-refractivity contribution in [3.8, 4) is 0 Å². The number of hydrogen-bond acceptors (Lipinski definition) is 3. The molecule has 1 aliphatic rings. The Balaban J connectivity index is 2.30. The van der Waals surface area contributed by atoms with Gasteiger partial charge < -0.3 is 4.74 Å². The zero-order valence-corrected chi connectivity index (χ0v) is 6.24. The van der Waals surface area contributed by atoms with Gasteiger partial charge in [-0.25, -0.2) is 10.4 Å². The average molecular weight is 140 g/mol. The van der Waals surface area contributed by atoms with E-state index in [9.17, 15) is 0 Å². The highest BCUT2D eigenvalue weighted by molar-refractivity contribution is 5.06. The lowest BCUT2D eigenvalue weighted by atomic mass is 10.4. The van der Waals surface area contributed by atoms with E-state index in [0.29, 0.717) is 0 Å². The zero-order chi connectivity index (χ0) is 7.40. The standard InChI is InChI=1S/C7H12N2O/c1-9(2)8-7-5-3-4-6-10-7/h3-8H,1-2H3. The third-order valence-corrected chi connectivity index (χ3v) is 1.09. The second kappa shape index (κ2) is 3.39. The van der Waals surface area contributed by atoms with Crippen molar-refractivity contribution in [2.24, 2.45) is 0 Å². The highest BCUT2D eigenvalue weighted by Gasteiger charge is 2.03. The molecule has 0 aromatic rings. The van der Waals surface area contributed by atoms with Crippen LogP contribution >= 0.6 is 0 Å². The number of rotatable bonds is 2. The van der Waals surface area contributed by atoms with Gasteiger partial charge in [-0.3, -0.25) is 0 Å². The molecule has 3 nitrogen and oxygen atoms in total. The number of hydrogen-bond donors (Lipinski definition) is 1. The summed E-state index contributed by atoms with van der Waals surface area (Å²) in [6.45, 7) is 0. The van der Waals surface area contributed by atoms with Gasteiger partial charge in [-0.2, -0.15) is 0 Å². The first-order valence-electron chi connectivity index (χ1n) is 3.21. The maximum Gasteiger partial charge on any atom is 0.181 e. The molecule has 56 valence electrons. The molecule has 1 heterocycles. The molecule has 0 radical (unpaired) electrons. The van der Waals surface area contributed by atoms with Crippen molar-refractivity contribution in [2.45, 2.75) is 6.23 Å².